The fourth-order valence-electron chi connectivity index (χ4n) is 3.03. The molecule has 5 heteroatoms. The normalized spacial score (nSPS) is 15.8. The molecule has 124 valence electrons. The van der Waals surface area contributed by atoms with E-state index in [4.69, 9.17) is 9.47 Å². The summed E-state index contributed by atoms with van der Waals surface area (Å²) in [5.41, 5.74) is 2.57. The summed E-state index contributed by atoms with van der Waals surface area (Å²) in [6, 6.07) is 12.8. The van der Waals surface area contributed by atoms with Gasteiger partial charge < -0.3 is 14.4 Å². The van der Waals surface area contributed by atoms with E-state index in [2.05, 4.69) is 0 Å². The van der Waals surface area contributed by atoms with Crippen LogP contribution < -0.4 is 14.4 Å². The smallest absolute Gasteiger partial charge is 0.265 e. The Bertz CT molecular complexity index is 772. The average Bonchev–Trinajstić information content (AvgIpc) is 2.95. The molecule has 0 N–H and O–H groups in total. The van der Waals surface area contributed by atoms with Crippen molar-refractivity contribution in [3.63, 3.8) is 0 Å². The number of amides is 1. The molecule has 1 atom stereocenters. The molecular formula is C19H19NO4. The third-order valence-electron chi connectivity index (χ3n) is 4.15. The van der Waals surface area contributed by atoms with E-state index in [1.807, 2.05) is 31.2 Å². The molecule has 1 aliphatic rings. The minimum atomic E-state index is -0.119. The summed E-state index contributed by atoms with van der Waals surface area (Å²) in [7, 11) is 1.52. The molecule has 0 spiro atoms. The lowest BCUT2D eigenvalue weighted by Gasteiger charge is -2.23. The van der Waals surface area contributed by atoms with Gasteiger partial charge in [-0.2, -0.15) is 0 Å². The topological polar surface area (TPSA) is 55.8 Å². The number of carbonyl (C=O) groups excluding carboxylic acids is 2. The lowest BCUT2D eigenvalue weighted by molar-refractivity contribution is -0.120. The number of para-hydroxylation sites is 1. The van der Waals surface area contributed by atoms with E-state index < -0.39 is 0 Å². The van der Waals surface area contributed by atoms with E-state index in [0.29, 0.717) is 17.1 Å². The first-order chi connectivity index (χ1) is 11.6. The highest BCUT2D eigenvalue weighted by atomic mass is 16.5. The first-order valence-electron chi connectivity index (χ1n) is 7.80. The van der Waals surface area contributed by atoms with Crippen LogP contribution in [0.15, 0.2) is 42.5 Å². The number of ether oxygens (including phenoxy) is 2. The molecule has 0 aromatic heterocycles. The summed E-state index contributed by atoms with van der Waals surface area (Å²) in [6.07, 6.45) is 1.57. The first kappa shape index (κ1) is 16.1. The molecule has 0 unspecified atom stereocenters. The Morgan fingerprint density at radius 2 is 2.04 bits per heavy atom. The molecule has 1 heterocycles. The second kappa shape index (κ2) is 6.74. The number of carbonyl (C=O) groups is 2. The maximum atomic E-state index is 12.6. The quantitative estimate of drug-likeness (QED) is 0.793. The van der Waals surface area contributed by atoms with Crippen LogP contribution in [0.25, 0.3) is 0 Å². The maximum Gasteiger partial charge on any atom is 0.265 e. The van der Waals surface area contributed by atoms with Gasteiger partial charge in [-0.25, -0.2) is 0 Å². The van der Waals surface area contributed by atoms with Crippen LogP contribution in [0, 0.1) is 0 Å². The van der Waals surface area contributed by atoms with Crippen molar-refractivity contribution in [1.82, 2.24) is 0 Å². The molecule has 3 rings (SSSR count). The van der Waals surface area contributed by atoms with Gasteiger partial charge in [0.2, 0.25) is 0 Å². The van der Waals surface area contributed by atoms with Gasteiger partial charge in [0, 0.05) is 17.3 Å². The molecule has 24 heavy (non-hydrogen) atoms. The van der Waals surface area contributed by atoms with Gasteiger partial charge in [0.25, 0.3) is 5.91 Å². The van der Waals surface area contributed by atoms with Crippen molar-refractivity contribution in [2.75, 3.05) is 18.6 Å². The minimum Gasteiger partial charge on any atom is -0.493 e. The van der Waals surface area contributed by atoms with Crippen molar-refractivity contribution >= 4 is 17.9 Å². The van der Waals surface area contributed by atoms with Crippen LogP contribution in [0.4, 0.5) is 5.69 Å². The lowest BCUT2D eigenvalue weighted by atomic mass is 10.1. The van der Waals surface area contributed by atoms with Gasteiger partial charge in [-0.15, -0.1) is 0 Å². The molecule has 0 radical (unpaired) electrons. The van der Waals surface area contributed by atoms with Crippen LogP contribution in [-0.2, 0) is 11.2 Å². The molecule has 0 saturated carbocycles. The Kier molecular flexibility index (Phi) is 4.51. The summed E-state index contributed by atoms with van der Waals surface area (Å²) < 4.78 is 10.8. The van der Waals surface area contributed by atoms with Gasteiger partial charge in [-0.05, 0) is 43.2 Å². The zero-order chi connectivity index (χ0) is 17.1. The predicted molar refractivity (Wildman–Crippen MR) is 91.0 cm³/mol. The molecule has 1 aliphatic heterocycles. The number of nitrogens with zero attached hydrogens (tertiary/aromatic N) is 1. The Morgan fingerprint density at radius 1 is 1.25 bits per heavy atom. The van der Waals surface area contributed by atoms with Crippen molar-refractivity contribution < 1.29 is 19.1 Å². The van der Waals surface area contributed by atoms with Crippen molar-refractivity contribution in [3.8, 4) is 11.5 Å². The number of methoxy groups -OCH3 is 1. The number of rotatable bonds is 5. The predicted octanol–water partition coefficient (Wildman–Crippen LogP) is 2.86. The fourth-order valence-corrected chi connectivity index (χ4v) is 3.03. The van der Waals surface area contributed by atoms with Crippen molar-refractivity contribution in [3.05, 3.63) is 53.6 Å². The Balaban J connectivity index is 1.76. The van der Waals surface area contributed by atoms with Gasteiger partial charge >= 0.3 is 0 Å². The number of benzene rings is 2. The first-order valence-corrected chi connectivity index (χ1v) is 7.80. The highest BCUT2D eigenvalue weighted by Gasteiger charge is 2.30. The maximum absolute atomic E-state index is 12.6. The zero-order valence-corrected chi connectivity index (χ0v) is 13.7. The summed E-state index contributed by atoms with van der Waals surface area (Å²) >= 11 is 0. The lowest BCUT2D eigenvalue weighted by Crippen LogP contribution is -2.39. The zero-order valence-electron chi connectivity index (χ0n) is 13.7. The molecule has 0 aliphatic carbocycles. The summed E-state index contributed by atoms with van der Waals surface area (Å²) in [4.78, 5) is 25.3. The van der Waals surface area contributed by atoms with E-state index in [9.17, 15) is 9.59 Å². The van der Waals surface area contributed by atoms with E-state index in [1.54, 1.807) is 23.1 Å². The Morgan fingerprint density at radius 3 is 2.79 bits per heavy atom. The van der Waals surface area contributed by atoms with E-state index >= 15 is 0 Å². The van der Waals surface area contributed by atoms with Crippen LogP contribution in [0.3, 0.4) is 0 Å². The third kappa shape index (κ3) is 2.97. The SMILES string of the molecule is COc1ccc(C=O)cc1OCC(=O)N1c2ccccc2C[C@H]1C. The van der Waals surface area contributed by atoms with Crippen LogP contribution in [0.5, 0.6) is 11.5 Å². The number of anilines is 1. The molecule has 1 amide bonds. The Hall–Kier alpha value is -2.82. The number of fused-ring (bicyclic) bond motifs is 1. The molecule has 0 fully saturated rings. The number of hydrogen-bond acceptors (Lipinski definition) is 4. The monoisotopic (exact) mass is 325 g/mol. The fraction of sp³-hybridized carbons (Fsp3) is 0.263. The van der Waals surface area contributed by atoms with Crippen LogP contribution >= 0.6 is 0 Å². The van der Waals surface area contributed by atoms with Gasteiger partial charge in [0.1, 0.15) is 6.29 Å². The highest BCUT2D eigenvalue weighted by Crippen LogP contribution is 2.32. The number of aldehydes is 1. The largest absolute Gasteiger partial charge is 0.493 e. The van der Waals surface area contributed by atoms with Crippen molar-refractivity contribution in [1.29, 1.82) is 0 Å². The minimum absolute atomic E-state index is 0.0988. The molecule has 5 nitrogen and oxygen atoms in total. The van der Waals surface area contributed by atoms with Crippen LogP contribution in [0.2, 0.25) is 0 Å². The molecular weight excluding hydrogens is 306 g/mol. The highest BCUT2D eigenvalue weighted by molar-refractivity contribution is 5.97. The molecule has 2 aromatic rings. The standard InChI is InChI=1S/C19H19NO4/c1-13-9-15-5-3-4-6-16(15)20(13)19(22)12-24-18-10-14(11-21)7-8-17(18)23-2/h3-8,10-11,13H,9,12H2,1-2H3/t13-/m1/s1. The van der Waals surface area contributed by atoms with Gasteiger partial charge in [-0.1, -0.05) is 18.2 Å². The third-order valence-corrected chi connectivity index (χ3v) is 4.15. The van der Waals surface area contributed by atoms with Gasteiger partial charge in [0.15, 0.2) is 18.1 Å². The summed E-state index contributed by atoms with van der Waals surface area (Å²) in [6.45, 7) is 1.91. The van der Waals surface area contributed by atoms with E-state index in [0.717, 1.165) is 18.4 Å². The van der Waals surface area contributed by atoms with Gasteiger partial charge in [0.05, 0.1) is 7.11 Å². The van der Waals surface area contributed by atoms with E-state index in [-0.39, 0.29) is 18.6 Å². The number of hydrogen-bond donors (Lipinski definition) is 0. The second-order valence-corrected chi connectivity index (χ2v) is 5.76. The van der Waals surface area contributed by atoms with Crippen molar-refractivity contribution in [2.24, 2.45) is 0 Å². The average molecular weight is 325 g/mol. The molecule has 0 bridgehead atoms. The van der Waals surface area contributed by atoms with Gasteiger partial charge in [-0.3, -0.25) is 9.59 Å². The summed E-state index contributed by atoms with van der Waals surface area (Å²) in [5, 5.41) is 0. The summed E-state index contributed by atoms with van der Waals surface area (Å²) in [5.74, 6) is 0.755. The van der Waals surface area contributed by atoms with Crippen molar-refractivity contribution in [2.45, 2.75) is 19.4 Å². The van der Waals surface area contributed by atoms with Crippen LogP contribution in [0.1, 0.15) is 22.8 Å². The Labute approximate surface area is 140 Å². The molecule has 2 aromatic carbocycles. The van der Waals surface area contributed by atoms with E-state index in [1.165, 1.54) is 12.7 Å². The second-order valence-electron chi connectivity index (χ2n) is 5.76. The van der Waals surface area contributed by atoms with Crippen LogP contribution in [-0.4, -0.2) is 32.0 Å². The molecule has 0 saturated heterocycles.